The summed E-state index contributed by atoms with van der Waals surface area (Å²) < 4.78 is 5.37. The molecule has 1 aliphatic rings. The minimum absolute atomic E-state index is 0.146. The van der Waals surface area contributed by atoms with Crippen molar-refractivity contribution in [2.45, 2.75) is 0 Å². The Balaban J connectivity index is 1.42. The summed E-state index contributed by atoms with van der Waals surface area (Å²) in [6.07, 6.45) is 0. The first kappa shape index (κ1) is 16.8. The Hall–Kier alpha value is -2.70. The topological polar surface area (TPSA) is 54.5 Å². The second-order valence-electron chi connectivity index (χ2n) is 6.00. The highest BCUT2D eigenvalue weighted by atomic mass is 32.1. The quantitative estimate of drug-likeness (QED) is 0.762. The molecule has 0 aliphatic carbocycles. The van der Waals surface area contributed by atoms with Crippen molar-refractivity contribution >= 4 is 28.1 Å². The average Bonchev–Trinajstić information content (AvgIpc) is 3.18. The number of anilines is 2. The van der Waals surface area contributed by atoms with E-state index < -0.39 is 0 Å². The smallest absolute Gasteiger partial charge is 0.257 e. The molecule has 0 saturated carbocycles. The molecule has 132 valence electrons. The van der Waals surface area contributed by atoms with Crippen LogP contribution in [-0.2, 0) is 4.74 Å². The van der Waals surface area contributed by atoms with Crippen molar-refractivity contribution in [3.05, 3.63) is 65.5 Å². The molecule has 0 atom stereocenters. The van der Waals surface area contributed by atoms with Gasteiger partial charge in [-0.3, -0.25) is 10.1 Å². The molecule has 3 aromatic rings. The van der Waals surface area contributed by atoms with Crippen LogP contribution in [0.1, 0.15) is 10.4 Å². The highest BCUT2D eigenvalue weighted by molar-refractivity contribution is 7.14. The zero-order chi connectivity index (χ0) is 17.8. The van der Waals surface area contributed by atoms with E-state index in [1.165, 1.54) is 11.3 Å². The maximum absolute atomic E-state index is 12.5. The highest BCUT2D eigenvalue weighted by Crippen LogP contribution is 2.25. The molecule has 1 aliphatic heterocycles. The molecular formula is C20H19N3O2S. The van der Waals surface area contributed by atoms with Gasteiger partial charge in [0, 0.05) is 35.3 Å². The number of rotatable bonds is 4. The first-order valence-corrected chi connectivity index (χ1v) is 9.42. The Morgan fingerprint density at radius 3 is 2.50 bits per heavy atom. The first-order chi connectivity index (χ1) is 12.8. The van der Waals surface area contributed by atoms with Crippen LogP contribution < -0.4 is 10.2 Å². The van der Waals surface area contributed by atoms with Crippen molar-refractivity contribution in [3.63, 3.8) is 0 Å². The molecule has 1 N–H and O–H groups in total. The molecule has 1 fully saturated rings. The van der Waals surface area contributed by atoms with Gasteiger partial charge in [-0.25, -0.2) is 4.98 Å². The van der Waals surface area contributed by atoms with E-state index in [1.54, 1.807) is 0 Å². The van der Waals surface area contributed by atoms with Crippen LogP contribution in [0, 0.1) is 0 Å². The number of thiazole rings is 1. The molecule has 1 amide bonds. The number of benzene rings is 2. The van der Waals surface area contributed by atoms with Gasteiger partial charge in [0.2, 0.25) is 0 Å². The van der Waals surface area contributed by atoms with E-state index in [9.17, 15) is 4.79 Å². The fourth-order valence-corrected chi connectivity index (χ4v) is 3.60. The summed E-state index contributed by atoms with van der Waals surface area (Å²) in [6.45, 7) is 3.26. The summed E-state index contributed by atoms with van der Waals surface area (Å²) >= 11 is 1.43. The van der Waals surface area contributed by atoms with Gasteiger partial charge in [0.05, 0.1) is 18.9 Å². The number of hydrogen-bond acceptors (Lipinski definition) is 5. The van der Waals surface area contributed by atoms with Crippen molar-refractivity contribution in [3.8, 4) is 11.3 Å². The van der Waals surface area contributed by atoms with E-state index in [-0.39, 0.29) is 5.91 Å². The second kappa shape index (κ2) is 7.68. The van der Waals surface area contributed by atoms with E-state index in [1.807, 2.05) is 60.0 Å². The van der Waals surface area contributed by atoms with Crippen molar-refractivity contribution in [2.75, 3.05) is 36.5 Å². The van der Waals surface area contributed by atoms with Gasteiger partial charge in [0.15, 0.2) is 5.13 Å². The molecule has 1 aromatic heterocycles. The largest absolute Gasteiger partial charge is 0.378 e. The van der Waals surface area contributed by atoms with Gasteiger partial charge in [0.25, 0.3) is 5.91 Å². The summed E-state index contributed by atoms with van der Waals surface area (Å²) in [7, 11) is 0. The van der Waals surface area contributed by atoms with Crippen molar-refractivity contribution in [1.29, 1.82) is 0 Å². The van der Waals surface area contributed by atoms with Crippen LogP contribution in [0.5, 0.6) is 0 Å². The number of carbonyl (C=O) groups is 1. The third kappa shape index (κ3) is 3.76. The minimum atomic E-state index is -0.146. The highest BCUT2D eigenvalue weighted by Gasteiger charge is 2.13. The Morgan fingerprint density at radius 2 is 1.77 bits per heavy atom. The summed E-state index contributed by atoms with van der Waals surface area (Å²) in [5.74, 6) is -0.146. The van der Waals surface area contributed by atoms with Gasteiger partial charge in [-0.2, -0.15) is 0 Å². The predicted octanol–water partition coefficient (Wildman–Crippen LogP) is 3.90. The monoisotopic (exact) mass is 365 g/mol. The molecule has 5 nitrogen and oxygen atoms in total. The Labute approximate surface area is 156 Å². The lowest BCUT2D eigenvalue weighted by atomic mass is 10.2. The second-order valence-corrected chi connectivity index (χ2v) is 6.86. The fraction of sp³-hybridized carbons (Fsp3) is 0.200. The standard InChI is InChI=1S/C20H19N3O2S/c24-19(16-6-8-17(9-7-16)23-10-12-25-13-11-23)22-20-21-18(14-26-20)15-4-2-1-3-5-15/h1-9,14H,10-13H2,(H,21,22,24). The lowest BCUT2D eigenvalue weighted by Gasteiger charge is -2.28. The third-order valence-electron chi connectivity index (χ3n) is 4.30. The van der Waals surface area contributed by atoms with Gasteiger partial charge >= 0.3 is 0 Å². The molecular weight excluding hydrogens is 346 g/mol. The zero-order valence-corrected chi connectivity index (χ0v) is 15.0. The lowest BCUT2D eigenvalue weighted by Crippen LogP contribution is -2.36. The number of aromatic nitrogens is 1. The molecule has 1 saturated heterocycles. The minimum Gasteiger partial charge on any atom is -0.378 e. The van der Waals surface area contributed by atoms with E-state index in [4.69, 9.17) is 4.74 Å². The number of hydrogen-bond donors (Lipinski definition) is 1. The third-order valence-corrected chi connectivity index (χ3v) is 5.06. The van der Waals surface area contributed by atoms with Crippen molar-refractivity contribution < 1.29 is 9.53 Å². The molecule has 0 unspecified atom stereocenters. The number of ether oxygens (including phenoxy) is 1. The van der Waals surface area contributed by atoms with Crippen LogP contribution in [0.15, 0.2) is 60.0 Å². The summed E-state index contributed by atoms with van der Waals surface area (Å²) in [4.78, 5) is 19.2. The van der Waals surface area contributed by atoms with E-state index in [0.717, 1.165) is 43.2 Å². The van der Waals surface area contributed by atoms with Gasteiger partial charge in [0.1, 0.15) is 0 Å². The number of nitrogens with zero attached hydrogens (tertiary/aromatic N) is 2. The molecule has 2 aromatic carbocycles. The Kier molecular flexibility index (Phi) is 4.95. The van der Waals surface area contributed by atoms with Crippen molar-refractivity contribution in [1.82, 2.24) is 4.98 Å². The summed E-state index contributed by atoms with van der Waals surface area (Å²) in [5.41, 5.74) is 3.65. The first-order valence-electron chi connectivity index (χ1n) is 8.55. The van der Waals surface area contributed by atoms with Gasteiger partial charge in [-0.1, -0.05) is 30.3 Å². The Morgan fingerprint density at radius 1 is 1.04 bits per heavy atom. The maximum Gasteiger partial charge on any atom is 0.257 e. The van der Waals surface area contributed by atoms with Gasteiger partial charge < -0.3 is 9.64 Å². The molecule has 4 rings (SSSR count). The molecule has 0 bridgehead atoms. The van der Waals surface area contributed by atoms with Crippen LogP contribution in [0.25, 0.3) is 11.3 Å². The van der Waals surface area contributed by atoms with E-state index in [2.05, 4.69) is 15.2 Å². The number of carbonyl (C=O) groups excluding carboxylic acids is 1. The van der Waals surface area contributed by atoms with Crippen molar-refractivity contribution in [2.24, 2.45) is 0 Å². The van der Waals surface area contributed by atoms with Crippen LogP contribution in [-0.4, -0.2) is 37.2 Å². The molecule has 26 heavy (non-hydrogen) atoms. The van der Waals surface area contributed by atoms with Crippen LogP contribution >= 0.6 is 11.3 Å². The summed E-state index contributed by atoms with van der Waals surface area (Å²) in [5, 5.41) is 5.44. The lowest BCUT2D eigenvalue weighted by molar-refractivity contribution is 0.102. The van der Waals surface area contributed by atoms with Crippen LogP contribution in [0.3, 0.4) is 0 Å². The number of morpholine rings is 1. The van der Waals surface area contributed by atoms with E-state index in [0.29, 0.717) is 10.7 Å². The molecule has 6 heteroatoms. The fourth-order valence-electron chi connectivity index (χ4n) is 2.89. The maximum atomic E-state index is 12.5. The number of nitrogens with one attached hydrogen (secondary N) is 1. The van der Waals surface area contributed by atoms with Crippen LogP contribution in [0.2, 0.25) is 0 Å². The molecule has 0 spiro atoms. The van der Waals surface area contributed by atoms with Gasteiger partial charge in [-0.05, 0) is 24.3 Å². The van der Waals surface area contributed by atoms with Crippen LogP contribution in [0.4, 0.5) is 10.8 Å². The number of amides is 1. The molecule has 0 radical (unpaired) electrons. The average molecular weight is 365 g/mol. The van der Waals surface area contributed by atoms with E-state index >= 15 is 0 Å². The van der Waals surface area contributed by atoms with Gasteiger partial charge in [-0.15, -0.1) is 11.3 Å². The normalized spacial score (nSPS) is 14.2. The Bertz CT molecular complexity index is 872. The SMILES string of the molecule is O=C(Nc1nc(-c2ccccc2)cs1)c1ccc(N2CCOCC2)cc1. The molecule has 2 heterocycles. The predicted molar refractivity (Wildman–Crippen MR) is 105 cm³/mol. The zero-order valence-electron chi connectivity index (χ0n) is 14.2. The summed E-state index contributed by atoms with van der Waals surface area (Å²) in [6, 6.07) is 17.6.